The van der Waals surface area contributed by atoms with Gasteiger partial charge < -0.3 is 20.5 Å². The Balaban J connectivity index is 1.54. The van der Waals surface area contributed by atoms with E-state index in [0.29, 0.717) is 50.7 Å². The molecular weight excluding hydrogens is 603 g/mol. The Kier molecular flexibility index (Phi) is 8.16. The Morgan fingerprint density at radius 3 is 2.50 bits per heavy atom. The molecule has 0 saturated carbocycles. The number of anilines is 2. The molecule has 0 bridgehead atoms. The smallest absolute Gasteiger partial charge is 0.322 e. The number of aromatic nitrogens is 4. The van der Waals surface area contributed by atoms with E-state index in [1.54, 1.807) is 57.7 Å². The van der Waals surface area contributed by atoms with Crippen LogP contribution in [0.5, 0.6) is 17.5 Å². The molecule has 2 aromatic carbocycles. The van der Waals surface area contributed by atoms with Crippen molar-refractivity contribution in [1.29, 1.82) is 0 Å². The molecule has 46 heavy (non-hydrogen) atoms. The minimum absolute atomic E-state index is 0.0153. The maximum Gasteiger partial charge on any atom is 0.322 e. The molecule has 11 heteroatoms. The Morgan fingerprint density at radius 1 is 1.00 bits per heavy atom. The van der Waals surface area contributed by atoms with Crippen molar-refractivity contribution in [2.75, 3.05) is 18.2 Å². The monoisotopic (exact) mass is 632 g/mol. The summed E-state index contributed by atoms with van der Waals surface area (Å²) in [5, 5.41) is 3.53. The van der Waals surface area contributed by atoms with Crippen molar-refractivity contribution in [3.63, 3.8) is 0 Å². The predicted molar refractivity (Wildman–Crippen MR) is 180 cm³/mol. The topological polar surface area (TPSA) is 125 Å². The molecular formula is C35H29FN6O3S. The van der Waals surface area contributed by atoms with Crippen LogP contribution in [-0.2, 0) is 4.79 Å². The van der Waals surface area contributed by atoms with E-state index in [9.17, 15) is 4.79 Å². The van der Waals surface area contributed by atoms with E-state index >= 15 is 4.39 Å². The van der Waals surface area contributed by atoms with Crippen LogP contribution in [0.4, 0.5) is 15.9 Å². The third-order valence-electron chi connectivity index (χ3n) is 7.30. The standard InChI is InChI=1S/C35H29FN6O3S/c1-18(2)34(43)42-22-7-9-24(19(3)14-22)31-29(21-6-11-28(26(36)15-21)45-35-38-13-12-20(4)41-35)30-32(46-31)25(17-40-33(30)37)27-10-8-23(44-5)16-39-27/h6-17H,1H2,2-5H3,(H2,37,40)(H,42,43). The number of rotatable bonds is 8. The number of thiophene rings is 1. The number of halogens is 1. The van der Waals surface area contributed by atoms with Crippen LogP contribution in [-0.4, -0.2) is 33.0 Å². The van der Waals surface area contributed by atoms with E-state index < -0.39 is 5.82 Å². The average molecular weight is 633 g/mol. The fourth-order valence-corrected chi connectivity index (χ4v) is 6.42. The molecule has 4 heterocycles. The third-order valence-corrected chi connectivity index (χ3v) is 8.56. The van der Waals surface area contributed by atoms with Gasteiger partial charge in [-0.3, -0.25) is 9.78 Å². The summed E-state index contributed by atoms with van der Waals surface area (Å²) in [4.78, 5) is 30.5. The summed E-state index contributed by atoms with van der Waals surface area (Å²) in [6.45, 7) is 9.11. The number of nitrogens with one attached hydrogen (secondary N) is 1. The van der Waals surface area contributed by atoms with Crippen molar-refractivity contribution in [3.8, 4) is 50.3 Å². The molecule has 0 fully saturated rings. The van der Waals surface area contributed by atoms with E-state index in [-0.39, 0.29) is 17.7 Å². The van der Waals surface area contributed by atoms with Crippen molar-refractivity contribution in [2.45, 2.75) is 20.8 Å². The van der Waals surface area contributed by atoms with E-state index in [1.165, 1.54) is 17.4 Å². The molecule has 0 saturated heterocycles. The molecule has 3 N–H and O–H groups in total. The minimum Gasteiger partial charge on any atom is -0.495 e. The largest absolute Gasteiger partial charge is 0.495 e. The predicted octanol–water partition coefficient (Wildman–Crippen LogP) is 8.14. The number of aryl methyl sites for hydroxylation is 2. The number of benzene rings is 2. The van der Waals surface area contributed by atoms with Crippen LogP contribution < -0.4 is 20.5 Å². The van der Waals surface area contributed by atoms with Crippen LogP contribution in [0.25, 0.3) is 42.9 Å². The molecule has 0 spiro atoms. The van der Waals surface area contributed by atoms with Gasteiger partial charge in [0.1, 0.15) is 11.6 Å². The molecule has 6 aromatic rings. The van der Waals surface area contributed by atoms with Gasteiger partial charge in [-0.1, -0.05) is 18.7 Å². The number of nitrogens with two attached hydrogens (primary N) is 1. The van der Waals surface area contributed by atoms with Gasteiger partial charge in [0.05, 0.1) is 23.7 Å². The second-order valence-corrected chi connectivity index (χ2v) is 11.7. The number of nitrogen functional groups attached to an aromatic ring is 1. The van der Waals surface area contributed by atoms with Gasteiger partial charge in [0, 0.05) is 50.7 Å². The number of methoxy groups -OCH3 is 1. The van der Waals surface area contributed by atoms with Crippen molar-refractivity contribution < 1.29 is 18.7 Å². The van der Waals surface area contributed by atoms with Crippen LogP contribution in [0.15, 0.2) is 85.3 Å². The lowest BCUT2D eigenvalue weighted by Gasteiger charge is -2.13. The number of ether oxygens (including phenoxy) is 2. The summed E-state index contributed by atoms with van der Waals surface area (Å²) in [7, 11) is 1.58. The highest BCUT2D eigenvalue weighted by Gasteiger charge is 2.24. The lowest BCUT2D eigenvalue weighted by atomic mass is 9.95. The van der Waals surface area contributed by atoms with Crippen molar-refractivity contribution >= 4 is 38.8 Å². The number of fused-ring (bicyclic) bond motifs is 1. The second kappa shape index (κ2) is 12.4. The number of nitrogens with zero attached hydrogens (tertiary/aromatic N) is 4. The van der Waals surface area contributed by atoms with Crippen LogP contribution in [0.2, 0.25) is 0 Å². The first-order valence-corrected chi connectivity index (χ1v) is 15.0. The van der Waals surface area contributed by atoms with Gasteiger partial charge in [0.2, 0.25) is 0 Å². The Hall–Kier alpha value is -5.68. The Labute approximate surface area is 268 Å². The zero-order valence-corrected chi connectivity index (χ0v) is 26.3. The van der Waals surface area contributed by atoms with Gasteiger partial charge in [-0.2, -0.15) is 0 Å². The van der Waals surface area contributed by atoms with Gasteiger partial charge >= 0.3 is 6.01 Å². The Morgan fingerprint density at radius 2 is 1.83 bits per heavy atom. The van der Waals surface area contributed by atoms with Gasteiger partial charge in [-0.25, -0.2) is 19.3 Å². The fraction of sp³-hybridized carbons (Fsp3) is 0.114. The first kappa shape index (κ1) is 30.4. The van der Waals surface area contributed by atoms with E-state index in [2.05, 4.69) is 31.8 Å². The number of pyridine rings is 2. The molecule has 0 radical (unpaired) electrons. The molecule has 230 valence electrons. The van der Waals surface area contributed by atoms with Crippen LogP contribution in [0.3, 0.4) is 0 Å². The second-order valence-electron chi connectivity index (χ2n) is 10.6. The molecule has 0 atom stereocenters. The number of carbonyl (C=O) groups is 1. The van der Waals surface area contributed by atoms with Gasteiger partial charge in [-0.15, -0.1) is 11.3 Å². The van der Waals surface area contributed by atoms with Crippen LogP contribution in [0, 0.1) is 19.7 Å². The third kappa shape index (κ3) is 5.87. The highest BCUT2D eigenvalue weighted by Crippen LogP contribution is 2.50. The van der Waals surface area contributed by atoms with Gasteiger partial charge in [0.25, 0.3) is 5.91 Å². The summed E-state index contributed by atoms with van der Waals surface area (Å²) < 4.78 is 27.5. The number of hydrogen-bond acceptors (Lipinski definition) is 9. The zero-order valence-electron chi connectivity index (χ0n) is 25.5. The van der Waals surface area contributed by atoms with Gasteiger partial charge in [0.15, 0.2) is 11.6 Å². The molecule has 0 aliphatic heterocycles. The lowest BCUT2D eigenvalue weighted by molar-refractivity contribution is -0.112. The molecule has 0 unspecified atom stereocenters. The van der Waals surface area contributed by atoms with Crippen LogP contribution in [0.1, 0.15) is 18.2 Å². The van der Waals surface area contributed by atoms with Gasteiger partial charge in [-0.05, 0) is 79.9 Å². The number of carbonyl (C=O) groups excluding carboxylic acids is 1. The first-order valence-electron chi connectivity index (χ1n) is 14.2. The van der Waals surface area contributed by atoms with Crippen molar-refractivity contribution in [1.82, 2.24) is 19.9 Å². The average Bonchev–Trinajstić information content (AvgIpc) is 3.43. The molecule has 6 rings (SSSR count). The number of hydrogen-bond donors (Lipinski definition) is 2. The molecule has 9 nitrogen and oxygen atoms in total. The van der Waals surface area contributed by atoms with Crippen molar-refractivity contribution in [2.24, 2.45) is 0 Å². The van der Waals surface area contributed by atoms with E-state index in [1.807, 2.05) is 37.3 Å². The quantitative estimate of drug-likeness (QED) is 0.161. The fourth-order valence-electron chi connectivity index (χ4n) is 4.98. The first-order chi connectivity index (χ1) is 22.1. The highest BCUT2D eigenvalue weighted by atomic mass is 32.1. The van der Waals surface area contributed by atoms with Crippen LogP contribution >= 0.6 is 11.3 Å². The SMILES string of the molecule is C=C(C)C(=O)Nc1ccc(-c2sc3c(-c4ccc(OC)cn4)cnc(N)c3c2-c2ccc(Oc3nccc(C)n3)c(F)c2)c(C)c1. The summed E-state index contributed by atoms with van der Waals surface area (Å²) in [6.07, 6.45) is 4.89. The van der Waals surface area contributed by atoms with E-state index in [0.717, 1.165) is 26.3 Å². The van der Waals surface area contributed by atoms with Crippen molar-refractivity contribution in [3.05, 3.63) is 102 Å². The van der Waals surface area contributed by atoms with E-state index in [4.69, 9.17) is 15.2 Å². The molecule has 0 aliphatic rings. The summed E-state index contributed by atoms with van der Waals surface area (Å²) in [6, 6.07) is 15.8. The molecule has 4 aromatic heterocycles. The summed E-state index contributed by atoms with van der Waals surface area (Å²) >= 11 is 1.50. The Bertz CT molecular complexity index is 2150. The number of amides is 1. The minimum atomic E-state index is -0.595. The molecule has 1 amide bonds. The lowest BCUT2D eigenvalue weighted by Crippen LogP contribution is -2.11. The normalized spacial score (nSPS) is 11.0. The summed E-state index contributed by atoms with van der Waals surface area (Å²) in [5.41, 5.74) is 12.8. The molecule has 0 aliphatic carbocycles. The maximum atomic E-state index is 15.7. The maximum absolute atomic E-state index is 15.7. The zero-order chi connectivity index (χ0) is 32.5. The highest BCUT2D eigenvalue weighted by molar-refractivity contribution is 7.23. The summed E-state index contributed by atoms with van der Waals surface area (Å²) in [5.74, 6) is 0.0420.